The Kier molecular flexibility index (Phi) is 5.50. The van der Waals surface area contributed by atoms with Crippen LogP contribution >= 0.6 is 11.8 Å². The second kappa shape index (κ2) is 6.43. The zero-order valence-corrected chi connectivity index (χ0v) is 12.1. The van der Waals surface area contributed by atoms with Crippen molar-refractivity contribution < 1.29 is 0 Å². The predicted molar refractivity (Wildman–Crippen MR) is 78.1 cm³/mol. The number of benzene rings is 1. The molecule has 3 heteroatoms. The number of aryl methyl sites for hydroxylation is 1. The maximum Gasteiger partial charge on any atom is 0.0550 e. The summed E-state index contributed by atoms with van der Waals surface area (Å²) in [6, 6.07) is 8.89. The van der Waals surface area contributed by atoms with Crippen molar-refractivity contribution in [2.24, 2.45) is 5.84 Å². The van der Waals surface area contributed by atoms with Crippen LogP contribution in [0.1, 0.15) is 44.9 Å². The van der Waals surface area contributed by atoms with E-state index in [1.54, 1.807) is 0 Å². The molecule has 1 aromatic rings. The number of hydrogen-bond acceptors (Lipinski definition) is 3. The van der Waals surface area contributed by atoms with Crippen molar-refractivity contribution in [3.63, 3.8) is 0 Å². The fourth-order valence-electron chi connectivity index (χ4n) is 1.60. The van der Waals surface area contributed by atoms with Gasteiger partial charge in [0.15, 0.2) is 0 Å². The summed E-state index contributed by atoms with van der Waals surface area (Å²) in [6.07, 6.45) is 1.07. The van der Waals surface area contributed by atoms with E-state index in [0.717, 1.165) is 12.2 Å². The average molecular weight is 252 g/mol. The fourth-order valence-corrected chi connectivity index (χ4v) is 2.56. The Balaban J connectivity index is 2.72. The van der Waals surface area contributed by atoms with Gasteiger partial charge in [0.25, 0.3) is 0 Å². The molecule has 0 amide bonds. The Labute approximate surface area is 109 Å². The van der Waals surface area contributed by atoms with Crippen LogP contribution in [-0.2, 0) is 6.42 Å². The van der Waals surface area contributed by atoms with Gasteiger partial charge in [-0.05, 0) is 17.5 Å². The molecule has 1 aromatic carbocycles. The molecule has 0 saturated carbocycles. The lowest BCUT2D eigenvalue weighted by Gasteiger charge is -2.23. The second-order valence-corrected chi connectivity index (χ2v) is 7.09. The van der Waals surface area contributed by atoms with Crippen molar-refractivity contribution in [3.05, 3.63) is 35.4 Å². The SMILES string of the molecule is CCc1cccc(C(CSC(C)(C)C)NN)c1. The normalized spacial score (nSPS) is 13.7. The summed E-state index contributed by atoms with van der Waals surface area (Å²) in [5.74, 6) is 6.66. The maximum absolute atomic E-state index is 5.66. The van der Waals surface area contributed by atoms with E-state index in [1.165, 1.54) is 11.1 Å². The van der Waals surface area contributed by atoms with Crippen LogP contribution in [0.3, 0.4) is 0 Å². The number of nitrogens with two attached hydrogens (primary N) is 1. The molecule has 3 N–H and O–H groups in total. The maximum atomic E-state index is 5.66. The van der Waals surface area contributed by atoms with Gasteiger partial charge in [-0.2, -0.15) is 11.8 Å². The summed E-state index contributed by atoms with van der Waals surface area (Å²) >= 11 is 1.93. The highest BCUT2D eigenvalue weighted by molar-refractivity contribution is 8.00. The van der Waals surface area contributed by atoms with Crippen molar-refractivity contribution in [1.82, 2.24) is 5.43 Å². The molecule has 0 heterocycles. The van der Waals surface area contributed by atoms with Gasteiger partial charge in [0.2, 0.25) is 0 Å². The van der Waals surface area contributed by atoms with Gasteiger partial charge >= 0.3 is 0 Å². The third kappa shape index (κ3) is 5.11. The lowest BCUT2D eigenvalue weighted by Crippen LogP contribution is -2.30. The van der Waals surface area contributed by atoms with Gasteiger partial charge in [0.1, 0.15) is 0 Å². The van der Waals surface area contributed by atoms with Crippen LogP contribution in [0, 0.1) is 0 Å². The molecule has 1 unspecified atom stereocenters. The smallest absolute Gasteiger partial charge is 0.0550 e. The molecule has 0 spiro atoms. The minimum Gasteiger partial charge on any atom is -0.271 e. The molecule has 2 nitrogen and oxygen atoms in total. The van der Waals surface area contributed by atoms with Crippen LogP contribution in [0.25, 0.3) is 0 Å². The molecule has 0 aliphatic heterocycles. The van der Waals surface area contributed by atoms with Crippen molar-refractivity contribution in [2.45, 2.75) is 44.9 Å². The third-order valence-corrected chi connectivity index (χ3v) is 4.01. The standard InChI is InChI=1S/C14H24N2S/c1-5-11-7-6-8-12(9-11)13(16-15)10-17-14(2,3)4/h6-9,13,16H,5,10,15H2,1-4H3. The van der Waals surface area contributed by atoms with E-state index >= 15 is 0 Å². The van der Waals surface area contributed by atoms with Crippen LogP contribution in [0.5, 0.6) is 0 Å². The highest BCUT2D eigenvalue weighted by Gasteiger charge is 2.16. The number of hydrazine groups is 1. The predicted octanol–water partition coefficient (Wildman–Crippen LogP) is 3.29. The Bertz CT molecular complexity index is 344. The van der Waals surface area contributed by atoms with Gasteiger partial charge in [0.05, 0.1) is 6.04 Å². The molecular formula is C14H24N2S. The van der Waals surface area contributed by atoms with Gasteiger partial charge in [-0.1, -0.05) is 52.0 Å². The van der Waals surface area contributed by atoms with Crippen molar-refractivity contribution in [1.29, 1.82) is 0 Å². The minimum atomic E-state index is 0.228. The zero-order chi connectivity index (χ0) is 12.9. The van der Waals surface area contributed by atoms with Crippen molar-refractivity contribution in [3.8, 4) is 0 Å². The summed E-state index contributed by atoms with van der Waals surface area (Å²) in [5, 5.41) is 0. The highest BCUT2D eigenvalue weighted by atomic mass is 32.2. The van der Waals surface area contributed by atoms with Gasteiger partial charge in [-0.3, -0.25) is 11.3 Å². The van der Waals surface area contributed by atoms with Crippen LogP contribution < -0.4 is 11.3 Å². The number of rotatable bonds is 5. The minimum absolute atomic E-state index is 0.228. The zero-order valence-electron chi connectivity index (χ0n) is 11.3. The van der Waals surface area contributed by atoms with E-state index in [-0.39, 0.29) is 10.8 Å². The lowest BCUT2D eigenvalue weighted by molar-refractivity contribution is 0.607. The van der Waals surface area contributed by atoms with E-state index in [0.29, 0.717) is 0 Å². The first-order valence-corrected chi connectivity index (χ1v) is 7.13. The number of nitrogens with one attached hydrogen (secondary N) is 1. The lowest BCUT2D eigenvalue weighted by atomic mass is 10.0. The molecule has 17 heavy (non-hydrogen) atoms. The topological polar surface area (TPSA) is 38.0 Å². The molecule has 0 aliphatic carbocycles. The Morgan fingerprint density at radius 1 is 1.35 bits per heavy atom. The fraction of sp³-hybridized carbons (Fsp3) is 0.571. The Morgan fingerprint density at radius 2 is 2.06 bits per heavy atom. The Hall–Kier alpha value is -0.510. The van der Waals surface area contributed by atoms with Crippen LogP contribution in [0.4, 0.5) is 0 Å². The van der Waals surface area contributed by atoms with E-state index < -0.39 is 0 Å². The molecule has 0 fully saturated rings. The van der Waals surface area contributed by atoms with Gasteiger partial charge in [-0.15, -0.1) is 0 Å². The van der Waals surface area contributed by atoms with E-state index in [9.17, 15) is 0 Å². The first kappa shape index (κ1) is 14.6. The average Bonchev–Trinajstić information content (AvgIpc) is 2.29. The summed E-state index contributed by atoms with van der Waals surface area (Å²) < 4.78 is 0.275. The highest BCUT2D eigenvalue weighted by Crippen LogP contribution is 2.28. The van der Waals surface area contributed by atoms with Crippen molar-refractivity contribution in [2.75, 3.05) is 5.75 Å². The van der Waals surface area contributed by atoms with Gasteiger partial charge in [0, 0.05) is 10.5 Å². The van der Waals surface area contributed by atoms with Crippen LogP contribution in [0.15, 0.2) is 24.3 Å². The van der Waals surface area contributed by atoms with Gasteiger partial charge in [-0.25, -0.2) is 0 Å². The molecule has 0 aliphatic rings. The van der Waals surface area contributed by atoms with Gasteiger partial charge < -0.3 is 0 Å². The monoisotopic (exact) mass is 252 g/mol. The second-order valence-electron chi connectivity index (χ2n) is 5.24. The first-order valence-electron chi connectivity index (χ1n) is 6.15. The molecule has 0 saturated heterocycles. The summed E-state index contributed by atoms with van der Waals surface area (Å²) in [5.41, 5.74) is 5.57. The molecule has 0 radical (unpaired) electrons. The molecule has 0 bridgehead atoms. The van der Waals surface area contributed by atoms with Crippen LogP contribution in [0.2, 0.25) is 0 Å². The van der Waals surface area contributed by atoms with Crippen molar-refractivity contribution >= 4 is 11.8 Å². The molecule has 96 valence electrons. The Morgan fingerprint density at radius 3 is 2.59 bits per heavy atom. The molecule has 0 aromatic heterocycles. The summed E-state index contributed by atoms with van der Waals surface area (Å²) in [6.45, 7) is 8.86. The largest absolute Gasteiger partial charge is 0.271 e. The van der Waals surface area contributed by atoms with Crippen LogP contribution in [-0.4, -0.2) is 10.5 Å². The first-order chi connectivity index (χ1) is 7.96. The van der Waals surface area contributed by atoms with E-state index in [2.05, 4.69) is 57.4 Å². The van der Waals surface area contributed by atoms with E-state index in [1.807, 2.05) is 11.8 Å². The number of thioether (sulfide) groups is 1. The number of hydrogen-bond donors (Lipinski definition) is 2. The summed E-state index contributed by atoms with van der Waals surface area (Å²) in [7, 11) is 0. The third-order valence-electron chi connectivity index (χ3n) is 2.65. The summed E-state index contributed by atoms with van der Waals surface area (Å²) in [4.78, 5) is 0. The quantitative estimate of drug-likeness (QED) is 0.624. The van der Waals surface area contributed by atoms with E-state index in [4.69, 9.17) is 5.84 Å². The molecule has 1 atom stereocenters. The molecule has 1 rings (SSSR count). The molecular weight excluding hydrogens is 228 g/mol.